The monoisotopic (exact) mass is 421 g/mol. The molecule has 2 amide bonds. The van der Waals surface area contributed by atoms with E-state index in [-0.39, 0.29) is 24.3 Å². The number of rotatable bonds is 7. The highest BCUT2D eigenvalue weighted by Crippen LogP contribution is 2.35. The zero-order valence-corrected chi connectivity index (χ0v) is 17.7. The molecule has 2 heterocycles. The first-order valence-corrected chi connectivity index (χ1v) is 10.3. The van der Waals surface area contributed by atoms with E-state index < -0.39 is 5.92 Å². The molecule has 1 N–H and O–H groups in total. The molecule has 1 saturated heterocycles. The van der Waals surface area contributed by atoms with Crippen LogP contribution in [0.25, 0.3) is 0 Å². The van der Waals surface area contributed by atoms with Crippen LogP contribution >= 0.6 is 22.9 Å². The Balaban J connectivity index is 1.66. The van der Waals surface area contributed by atoms with Gasteiger partial charge in [0.2, 0.25) is 11.8 Å². The molecule has 6 nitrogen and oxygen atoms in total. The van der Waals surface area contributed by atoms with E-state index in [0.29, 0.717) is 29.5 Å². The number of amides is 2. The maximum atomic E-state index is 12.7. The fourth-order valence-corrected chi connectivity index (χ4v) is 4.27. The first-order chi connectivity index (χ1) is 13.4. The number of thiophene rings is 1. The van der Waals surface area contributed by atoms with Crippen LogP contribution in [0.4, 0.5) is 5.69 Å². The number of carbonyl (C=O) groups is 2. The lowest BCUT2D eigenvalue weighted by molar-refractivity contribution is -0.126. The number of benzene rings is 1. The number of halogens is 1. The average molecular weight is 422 g/mol. The van der Waals surface area contributed by atoms with Gasteiger partial charge in [-0.15, -0.1) is 0 Å². The van der Waals surface area contributed by atoms with Crippen LogP contribution in [0, 0.1) is 5.92 Å². The molecule has 0 aliphatic carbocycles. The van der Waals surface area contributed by atoms with E-state index in [9.17, 15) is 9.59 Å². The predicted molar refractivity (Wildman–Crippen MR) is 112 cm³/mol. The molecule has 1 aromatic carbocycles. The number of methoxy groups -OCH3 is 1. The Morgan fingerprint density at radius 2 is 2.21 bits per heavy atom. The number of anilines is 1. The SMILES string of the molecule is COc1ccc(Cl)cc1N1CC(C(=O)NCC(c2ccsc2)N(C)C)CC1=O. The lowest BCUT2D eigenvalue weighted by Gasteiger charge is -2.24. The number of nitrogens with zero attached hydrogens (tertiary/aromatic N) is 2. The van der Waals surface area contributed by atoms with Crippen LogP contribution < -0.4 is 15.0 Å². The summed E-state index contributed by atoms with van der Waals surface area (Å²) < 4.78 is 5.35. The van der Waals surface area contributed by atoms with Crippen LogP contribution in [0.3, 0.4) is 0 Å². The summed E-state index contributed by atoms with van der Waals surface area (Å²) in [4.78, 5) is 28.9. The minimum Gasteiger partial charge on any atom is -0.495 e. The summed E-state index contributed by atoms with van der Waals surface area (Å²) in [6, 6.07) is 7.28. The smallest absolute Gasteiger partial charge is 0.227 e. The van der Waals surface area contributed by atoms with Crippen molar-refractivity contribution in [1.29, 1.82) is 0 Å². The lowest BCUT2D eigenvalue weighted by Crippen LogP contribution is -2.38. The number of hydrogen-bond acceptors (Lipinski definition) is 5. The molecule has 0 radical (unpaired) electrons. The van der Waals surface area contributed by atoms with Gasteiger partial charge in [0, 0.05) is 24.5 Å². The molecule has 0 spiro atoms. The second-order valence-corrected chi connectivity index (χ2v) is 8.22. The summed E-state index contributed by atoms with van der Waals surface area (Å²) in [5, 5.41) is 7.64. The third kappa shape index (κ3) is 4.48. The third-order valence-electron chi connectivity index (χ3n) is 4.95. The minimum atomic E-state index is -0.401. The number of likely N-dealkylation sites (N-methyl/N-ethyl adjacent to an activating group) is 1. The van der Waals surface area contributed by atoms with E-state index >= 15 is 0 Å². The normalized spacial score (nSPS) is 17.8. The number of carbonyl (C=O) groups excluding carboxylic acids is 2. The lowest BCUT2D eigenvalue weighted by atomic mass is 10.1. The summed E-state index contributed by atoms with van der Waals surface area (Å²) in [5.41, 5.74) is 1.77. The Kier molecular flexibility index (Phi) is 6.59. The molecule has 1 aromatic heterocycles. The predicted octanol–water partition coefficient (Wildman–Crippen LogP) is 3.18. The van der Waals surface area contributed by atoms with E-state index in [1.165, 1.54) is 5.56 Å². The van der Waals surface area contributed by atoms with Crippen LogP contribution in [-0.2, 0) is 9.59 Å². The number of nitrogens with one attached hydrogen (secondary N) is 1. The van der Waals surface area contributed by atoms with Gasteiger partial charge in [-0.2, -0.15) is 11.3 Å². The largest absolute Gasteiger partial charge is 0.495 e. The number of ether oxygens (including phenoxy) is 1. The quantitative estimate of drug-likeness (QED) is 0.745. The second kappa shape index (κ2) is 8.94. The number of hydrogen-bond donors (Lipinski definition) is 1. The highest BCUT2D eigenvalue weighted by Gasteiger charge is 2.36. The van der Waals surface area contributed by atoms with Gasteiger partial charge in [0.15, 0.2) is 0 Å². The Bertz CT molecular complexity index is 841. The van der Waals surface area contributed by atoms with Gasteiger partial charge in [0.05, 0.1) is 24.8 Å². The van der Waals surface area contributed by atoms with Crippen LogP contribution in [0.1, 0.15) is 18.0 Å². The summed E-state index contributed by atoms with van der Waals surface area (Å²) in [6.45, 7) is 0.806. The highest BCUT2D eigenvalue weighted by molar-refractivity contribution is 7.08. The van der Waals surface area contributed by atoms with Crippen molar-refractivity contribution in [2.24, 2.45) is 5.92 Å². The van der Waals surface area contributed by atoms with Crippen molar-refractivity contribution in [3.8, 4) is 5.75 Å². The second-order valence-electron chi connectivity index (χ2n) is 7.00. The van der Waals surface area contributed by atoms with Crippen molar-refractivity contribution < 1.29 is 14.3 Å². The van der Waals surface area contributed by atoms with Gasteiger partial charge in [0.1, 0.15) is 5.75 Å². The Morgan fingerprint density at radius 3 is 2.86 bits per heavy atom. The zero-order valence-electron chi connectivity index (χ0n) is 16.1. The molecule has 1 aliphatic heterocycles. The topological polar surface area (TPSA) is 61.9 Å². The van der Waals surface area contributed by atoms with E-state index in [1.54, 1.807) is 41.5 Å². The van der Waals surface area contributed by atoms with Crippen molar-refractivity contribution in [3.63, 3.8) is 0 Å². The van der Waals surface area contributed by atoms with E-state index in [0.717, 1.165) is 0 Å². The summed E-state index contributed by atoms with van der Waals surface area (Å²) >= 11 is 7.72. The molecule has 1 fully saturated rings. The molecular formula is C20H24ClN3O3S. The van der Waals surface area contributed by atoms with E-state index in [1.807, 2.05) is 19.5 Å². The molecule has 2 unspecified atom stereocenters. The minimum absolute atomic E-state index is 0.0939. The molecule has 150 valence electrons. The van der Waals surface area contributed by atoms with Crippen molar-refractivity contribution in [1.82, 2.24) is 10.2 Å². The van der Waals surface area contributed by atoms with Gasteiger partial charge in [-0.25, -0.2) is 0 Å². The molecule has 0 saturated carbocycles. The molecule has 2 atom stereocenters. The first-order valence-electron chi connectivity index (χ1n) is 9.00. The molecular weight excluding hydrogens is 398 g/mol. The van der Waals surface area contributed by atoms with Crippen LogP contribution in [0.5, 0.6) is 5.75 Å². The van der Waals surface area contributed by atoms with Crippen molar-refractivity contribution in [2.45, 2.75) is 12.5 Å². The highest BCUT2D eigenvalue weighted by atomic mass is 35.5. The fourth-order valence-electron chi connectivity index (χ4n) is 3.39. The first kappa shape index (κ1) is 20.6. The molecule has 3 rings (SSSR count). The van der Waals surface area contributed by atoms with Crippen molar-refractivity contribution in [2.75, 3.05) is 39.2 Å². The molecule has 8 heteroatoms. The summed E-state index contributed by atoms with van der Waals surface area (Å²) in [7, 11) is 5.52. The van der Waals surface area contributed by atoms with Gasteiger partial charge in [-0.3, -0.25) is 9.59 Å². The third-order valence-corrected chi connectivity index (χ3v) is 5.89. The van der Waals surface area contributed by atoms with Crippen LogP contribution in [0.2, 0.25) is 5.02 Å². The van der Waals surface area contributed by atoms with Gasteiger partial charge in [0.25, 0.3) is 0 Å². The fraction of sp³-hybridized carbons (Fsp3) is 0.400. The van der Waals surface area contributed by atoms with Gasteiger partial charge in [-0.1, -0.05) is 11.6 Å². The molecule has 1 aliphatic rings. The van der Waals surface area contributed by atoms with Crippen LogP contribution in [0.15, 0.2) is 35.0 Å². The molecule has 2 aromatic rings. The summed E-state index contributed by atoms with van der Waals surface area (Å²) in [6.07, 6.45) is 0.173. The maximum Gasteiger partial charge on any atom is 0.227 e. The summed E-state index contributed by atoms with van der Waals surface area (Å²) in [5.74, 6) is -0.0629. The average Bonchev–Trinajstić information content (AvgIpc) is 3.31. The molecule has 0 bridgehead atoms. The maximum absolute atomic E-state index is 12.7. The van der Waals surface area contributed by atoms with Gasteiger partial charge >= 0.3 is 0 Å². The molecule has 28 heavy (non-hydrogen) atoms. The van der Waals surface area contributed by atoms with Gasteiger partial charge < -0.3 is 19.9 Å². The van der Waals surface area contributed by atoms with E-state index in [4.69, 9.17) is 16.3 Å². The van der Waals surface area contributed by atoms with Gasteiger partial charge in [-0.05, 0) is 54.7 Å². The Morgan fingerprint density at radius 1 is 1.43 bits per heavy atom. The van der Waals surface area contributed by atoms with Crippen LogP contribution in [-0.4, -0.2) is 51.0 Å². The zero-order chi connectivity index (χ0) is 20.3. The van der Waals surface area contributed by atoms with Crippen molar-refractivity contribution >= 4 is 40.4 Å². The Labute approximate surface area is 174 Å². The van der Waals surface area contributed by atoms with Crippen molar-refractivity contribution in [3.05, 3.63) is 45.6 Å². The van der Waals surface area contributed by atoms with E-state index in [2.05, 4.69) is 21.7 Å². The Hall–Kier alpha value is -2.09. The standard InChI is InChI=1S/C20H24ClN3O3S/c1-23(2)17(13-6-7-28-12-13)10-22-20(26)14-8-19(25)24(11-14)16-9-15(21)4-5-18(16)27-3/h4-7,9,12,14,17H,8,10-11H2,1-3H3,(H,22,26).